The van der Waals surface area contributed by atoms with Crippen LogP contribution in [0.1, 0.15) is 0 Å². The lowest BCUT2D eigenvalue weighted by atomic mass is 10.2. The van der Waals surface area contributed by atoms with E-state index in [1.54, 1.807) is 30.3 Å². The Balaban J connectivity index is 1.96. The summed E-state index contributed by atoms with van der Waals surface area (Å²) in [4.78, 5) is 4.31. The van der Waals surface area contributed by atoms with Crippen LogP contribution in [0, 0.1) is 0 Å². The molecule has 6 heteroatoms. The van der Waals surface area contributed by atoms with Gasteiger partial charge in [0.25, 0.3) is 0 Å². The Labute approximate surface area is 135 Å². The van der Waals surface area contributed by atoms with Gasteiger partial charge in [-0.25, -0.2) is 4.98 Å². The van der Waals surface area contributed by atoms with Crippen LogP contribution >= 0.6 is 34.8 Å². The number of hydrogen-bond donors (Lipinski definition) is 0. The van der Waals surface area contributed by atoms with E-state index in [1.165, 1.54) is 12.1 Å². The lowest BCUT2D eigenvalue weighted by Gasteiger charge is -2.08. The van der Waals surface area contributed by atoms with Crippen LogP contribution in [0.5, 0.6) is 17.4 Å². The molecule has 2 aromatic carbocycles. The average molecular weight is 340 g/mol. The first-order valence-corrected chi connectivity index (χ1v) is 7.06. The highest BCUT2D eigenvalue weighted by atomic mass is 35.5. The third kappa shape index (κ3) is 3.00. The molecule has 105 valence electrons. The topological polar surface area (TPSA) is 42.0 Å². The summed E-state index contributed by atoms with van der Waals surface area (Å²) in [5.41, 5.74) is 0.665. The first kappa shape index (κ1) is 14.3. The fourth-order valence-electron chi connectivity index (χ4n) is 1.85. The van der Waals surface area contributed by atoms with Crippen LogP contribution in [-0.2, 0) is 5.11 Å². The number of ether oxygens (including phenoxy) is 1. The zero-order chi connectivity index (χ0) is 15.0. The van der Waals surface area contributed by atoms with Crippen molar-refractivity contribution >= 4 is 45.7 Å². The summed E-state index contributed by atoms with van der Waals surface area (Å²) in [6.45, 7) is 0. The molecule has 0 amide bonds. The summed E-state index contributed by atoms with van der Waals surface area (Å²) in [5.74, 6) is 0.742. The predicted molar refractivity (Wildman–Crippen MR) is 83.4 cm³/mol. The van der Waals surface area contributed by atoms with Crippen LogP contribution in [0.3, 0.4) is 0 Å². The van der Waals surface area contributed by atoms with E-state index in [1.807, 2.05) is 0 Å². The highest BCUT2D eigenvalue weighted by molar-refractivity contribution is 6.48. The van der Waals surface area contributed by atoms with Crippen molar-refractivity contribution in [2.75, 3.05) is 0 Å². The SMILES string of the molecule is [O]c1ccc2nc(Oc3cc(Cl)c(Cl)c(Cl)c3)ccc2c1. The smallest absolute Gasteiger partial charge is 0.219 e. The molecule has 0 aliphatic heterocycles. The number of nitrogens with zero attached hydrogens (tertiary/aromatic N) is 1. The number of rotatable bonds is 2. The van der Waals surface area contributed by atoms with Crippen LogP contribution in [0.25, 0.3) is 10.9 Å². The molecule has 0 spiro atoms. The van der Waals surface area contributed by atoms with Crippen molar-refractivity contribution in [3.63, 3.8) is 0 Å². The van der Waals surface area contributed by atoms with Crippen LogP contribution in [0.2, 0.25) is 15.1 Å². The van der Waals surface area contributed by atoms with Crippen molar-refractivity contribution in [1.82, 2.24) is 4.98 Å². The zero-order valence-corrected chi connectivity index (χ0v) is 12.7. The quantitative estimate of drug-likeness (QED) is 0.527. The van der Waals surface area contributed by atoms with Gasteiger partial charge in [0.05, 0.1) is 20.6 Å². The molecular weight excluding hydrogens is 333 g/mol. The largest absolute Gasteiger partial charge is 0.439 e. The van der Waals surface area contributed by atoms with Gasteiger partial charge in [-0.15, -0.1) is 0 Å². The summed E-state index contributed by atoms with van der Waals surface area (Å²) < 4.78 is 5.62. The molecule has 3 nitrogen and oxygen atoms in total. The molecule has 0 saturated heterocycles. The molecule has 3 aromatic rings. The molecule has 3 rings (SSSR count). The maximum absolute atomic E-state index is 11.3. The number of halogens is 3. The Morgan fingerprint density at radius 1 is 0.905 bits per heavy atom. The second kappa shape index (κ2) is 5.60. The van der Waals surface area contributed by atoms with Crippen LogP contribution in [0.15, 0.2) is 42.5 Å². The molecule has 0 fully saturated rings. The highest BCUT2D eigenvalue weighted by Crippen LogP contribution is 2.35. The van der Waals surface area contributed by atoms with E-state index in [0.717, 1.165) is 5.39 Å². The van der Waals surface area contributed by atoms with Gasteiger partial charge in [-0.05, 0) is 24.3 Å². The molecule has 1 aromatic heterocycles. The lowest BCUT2D eigenvalue weighted by Crippen LogP contribution is -1.89. The van der Waals surface area contributed by atoms with E-state index in [0.29, 0.717) is 27.2 Å². The number of pyridine rings is 1. The molecule has 0 bridgehead atoms. The summed E-state index contributed by atoms with van der Waals surface area (Å²) in [6.07, 6.45) is 0. The minimum Gasteiger partial charge on any atom is -0.439 e. The monoisotopic (exact) mass is 338 g/mol. The molecule has 1 radical (unpaired) electrons. The molecule has 0 N–H and O–H groups in total. The van der Waals surface area contributed by atoms with Crippen LogP contribution < -0.4 is 4.74 Å². The van der Waals surface area contributed by atoms with Gasteiger partial charge < -0.3 is 4.74 Å². The van der Waals surface area contributed by atoms with E-state index in [2.05, 4.69) is 4.98 Å². The van der Waals surface area contributed by atoms with Crippen LogP contribution in [-0.4, -0.2) is 4.98 Å². The summed E-state index contributed by atoms with van der Waals surface area (Å²) >= 11 is 17.8. The van der Waals surface area contributed by atoms with Crippen molar-refractivity contribution < 1.29 is 9.84 Å². The molecule has 0 aliphatic carbocycles. The minimum absolute atomic E-state index is 0.0609. The van der Waals surface area contributed by atoms with Gasteiger partial charge in [-0.1, -0.05) is 34.8 Å². The fourth-order valence-corrected chi connectivity index (χ4v) is 2.43. The summed E-state index contributed by atoms with van der Waals surface area (Å²) in [5, 5.41) is 12.9. The molecule has 0 saturated carbocycles. The van der Waals surface area contributed by atoms with E-state index >= 15 is 0 Å². The second-order valence-electron chi connectivity index (χ2n) is 4.31. The van der Waals surface area contributed by atoms with Gasteiger partial charge in [-0.3, -0.25) is 5.11 Å². The van der Waals surface area contributed by atoms with Crippen molar-refractivity contribution in [3.8, 4) is 17.4 Å². The Bertz CT molecular complexity index is 813. The van der Waals surface area contributed by atoms with Crippen molar-refractivity contribution in [1.29, 1.82) is 0 Å². The molecular formula is C15H7Cl3NO2. The van der Waals surface area contributed by atoms with Crippen molar-refractivity contribution in [2.24, 2.45) is 0 Å². The van der Waals surface area contributed by atoms with E-state index < -0.39 is 0 Å². The Hall–Kier alpha value is -1.68. The normalized spacial score (nSPS) is 10.8. The lowest BCUT2D eigenvalue weighted by molar-refractivity contribution is 0.355. The van der Waals surface area contributed by atoms with Gasteiger partial charge >= 0.3 is 0 Å². The zero-order valence-electron chi connectivity index (χ0n) is 10.4. The molecule has 0 unspecified atom stereocenters. The van der Waals surface area contributed by atoms with E-state index in [9.17, 15) is 5.11 Å². The van der Waals surface area contributed by atoms with Gasteiger partial charge in [0.1, 0.15) is 5.75 Å². The molecule has 0 atom stereocenters. The van der Waals surface area contributed by atoms with Gasteiger partial charge in [-0.2, -0.15) is 0 Å². The third-order valence-corrected chi connectivity index (χ3v) is 4.01. The van der Waals surface area contributed by atoms with E-state index in [4.69, 9.17) is 39.5 Å². The maximum Gasteiger partial charge on any atom is 0.219 e. The third-order valence-electron chi connectivity index (χ3n) is 2.81. The summed E-state index contributed by atoms with van der Waals surface area (Å²) in [7, 11) is 0. The number of fused-ring (bicyclic) bond motifs is 1. The molecule has 1 heterocycles. The van der Waals surface area contributed by atoms with Gasteiger partial charge in [0.2, 0.25) is 5.88 Å². The van der Waals surface area contributed by atoms with Gasteiger partial charge in [0.15, 0.2) is 5.75 Å². The average Bonchev–Trinajstić information content (AvgIpc) is 2.45. The van der Waals surface area contributed by atoms with Crippen molar-refractivity contribution in [2.45, 2.75) is 0 Å². The van der Waals surface area contributed by atoms with E-state index in [-0.39, 0.29) is 10.8 Å². The standard InChI is InChI=1S/C15H7Cl3NO2/c16-11-6-10(7-12(17)15(11)18)21-14-4-1-8-5-9(20)2-3-13(8)19-14/h1-7H. The van der Waals surface area contributed by atoms with Crippen molar-refractivity contribution in [3.05, 3.63) is 57.5 Å². The highest BCUT2D eigenvalue weighted by Gasteiger charge is 2.08. The molecule has 0 aliphatic rings. The Morgan fingerprint density at radius 3 is 2.33 bits per heavy atom. The second-order valence-corrected chi connectivity index (χ2v) is 5.50. The van der Waals surface area contributed by atoms with Gasteiger partial charge in [0, 0.05) is 23.6 Å². The maximum atomic E-state index is 11.3. The Kier molecular flexibility index (Phi) is 3.81. The van der Waals surface area contributed by atoms with Crippen LogP contribution in [0.4, 0.5) is 0 Å². The number of aromatic nitrogens is 1. The minimum atomic E-state index is -0.0609. The predicted octanol–water partition coefficient (Wildman–Crippen LogP) is 6.13. The number of benzene rings is 2. The fraction of sp³-hybridized carbons (Fsp3) is 0. The Morgan fingerprint density at radius 2 is 1.62 bits per heavy atom. The summed E-state index contributed by atoms with van der Waals surface area (Å²) in [6, 6.07) is 11.2. The first-order valence-electron chi connectivity index (χ1n) is 5.93. The molecule has 21 heavy (non-hydrogen) atoms. The first-order chi connectivity index (χ1) is 10.0. The number of hydrogen-bond acceptors (Lipinski definition) is 2.